The molecule has 0 saturated carbocycles. The number of nitrogens with one attached hydrogen (secondary N) is 2. The summed E-state index contributed by atoms with van der Waals surface area (Å²) in [4.78, 5) is 25.0. The average Bonchev–Trinajstić information content (AvgIpc) is 2.98. The fourth-order valence-corrected chi connectivity index (χ4v) is 7.01. The van der Waals surface area contributed by atoms with Crippen molar-refractivity contribution in [3.05, 3.63) is 28.2 Å². The van der Waals surface area contributed by atoms with Gasteiger partial charge in [-0.2, -0.15) is 0 Å². The van der Waals surface area contributed by atoms with Crippen LogP contribution in [0.2, 0.25) is 10.0 Å². The molecular weight excluding hydrogens is 402 g/mol. The molecule has 26 heavy (non-hydrogen) atoms. The maximum absolute atomic E-state index is 12.5. The van der Waals surface area contributed by atoms with Gasteiger partial charge in [-0.15, -0.1) is 0 Å². The third kappa shape index (κ3) is 3.27. The monoisotopic (exact) mass is 422 g/mol. The summed E-state index contributed by atoms with van der Waals surface area (Å²) in [7, 11) is -4.51. The first kappa shape index (κ1) is 19.6. The predicted molar refractivity (Wildman–Crippen MR) is 99.7 cm³/mol. The number of hydrogen-bond donors (Lipinski definition) is 2. The maximum atomic E-state index is 12.5. The van der Waals surface area contributed by atoms with E-state index in [1.54, 1.807) is 6.07 Å². The van der Waals surface area contributed by atoms with E-state index in [-0.39, 0.29) is 22.6 Å². The predicted octanol–water partition coefficient (Wildman–Crippen LogP) is 3.84. The molecule has 2 aliphatic heterocycles. The van der Waals surface area contributed by atoms with Crippen LogP contribution < -0.4 is 14.7 Å². The van der Waals surface area contributed by atoms with Crippen molar-refractivity contribution in [3.63, 3.8) is 0 Å². The van der Waals surface area contributed by atoms with Gasteiger partial charge in [0.15, 0.2) is 0 Å². The number of benzene rings is 1. The van der Waals surface area contributed by atoms with Crippen molar-refractivity contribution in [3.8, 4) is 5.75 Å². The zero-order chi connectivity index (χ0) is 19.3. The fraction of sp³-hybridized carbons (Fsp3) is 0.500. The van der Waals surface area contributed by atoms with Crippen LogP contribution in [-0.4, -0.2) is 24.0 Å². The van der Waals surface area contributed by atoms with Gasteiger partial charge in [-0.3, -0.25) is 0 Å². The Hall–Kier alpha value is -1.11. The molecule has 144 valence electrons. The van der Waals surface area contributed by atoms with Gasteiger partial charge in [-0.1, -0.05) is 0 Å². The van der Waals surface area contributed by atoms with Crippen LogP contribution in [0, 0.1) is 11.8 Å². The van der Waals surface area contributed by atoms with E-state index in [0.29, 0.717) is 5.02 Å². The van der Waals surface area contributed by atoms with Crippen LogP contribution in [0.5, 0.6) is 5.75 Å². The number of carbonyl (C=O) groups excluding carboxylic acids is 2. The summed E-state index contributed by atoms with van der Waals surface area (Å²) in [5, 5.41) is 6.67. The first-order valence-corrected chi connectivity index (χ1v) is 11.0. The molecule has 2 heterocycles. The van der Waals surface area contributed by atoms with Gasteiger partial charge < -0.3 is 0 Å². The molecule has 0 radical (unpaired) electrons. The molecule has 3 rings (SSSR count). The molecule has 0 aliphatic carbocycles. The van der Waals surface area contributed by atoms with Gasteiger partial charge >= 0.3 is 162 Å². The molecule has 1 aromatic carbocycles. The van der Waals surface area contributed by atoms with Crippen LogP contribution in [0.15, 0.2) is 18.2 Å². The number of hydrogen-bond acceptors (Lipinski definition) is 7. The van der Waals surface area contributed by atoms with E-state index in [1.165, 1.54) is 12.1 Å². The third-order valence-corrected chi connectivity index (χ3v) is 7.76. The van der Waals surface area contributed by atoms with Gasteiger partial charge in [-0.05, 0) is 0 Å². The molecule has 2 aliphatic rings. The zero-order valence-electron chi connectivity index (χ0n) is 14.8. The summed E-state index contributed by atoms with van der Waals surface area (Å²) in [6, 6.07) is 3.22. The van der Waals surface area contributed by atoms with Crippen molar-refractivity contribution in [2.45, 2.75) is 39.8 Å². The number of rotatable bonds is 4. The van der Waals surface area contributed by atoms with Crippen molar-refractivity contribution >= 4 is 42.7 Å². The first-order chi connectivity index (χ1) is 12.0. The van der Waals surface area contributed by atoms with Gasteiger partial charge in [0.2, 0.25) is 0 Å². The molecule has 10 heteroatoms. The molecular formula is C16H21Cl2N2O5P. The van der Waals surface area contributed by atoms with Crippen LogP contribution in [0.4, 0.5) is 0 Å². The number of halogens is 2. The molecule has 0 aromatic heterocycles. The second kappa shape index (κ2) is 6.50. The van der Waals surface area contributed by atoms with Gasteiger partial charge in [0.1, 0.15) is 0 Å². The minimum atomic E-state index is -4.51. The van der Waals surface area contributed by atoms with E-state index in [2.05, 4.69) is 10.2 Å². The van der Waals surface area contributed by atoms with Crippen LogP contribution in [0.25, 0.3) is 0 Å². The summed E-state index contributed by atoms with van der Waals surface area (Å²) < 4.78 is 17.3. The summed E-state index contributed by atoms with van der Waals surface area (Å²) >= 11 is 12.1. The van der Waals surface area contributed by atoms with E-state index in [1.807, 2.05) is 27.7 Å². The van der Waals surface area contributed by atoms with Crippen molar-refractivity contribution in [1.82, 2.24) is 10.2 Å². The molecule has 0 bridgehead atoms. The Morgan fingerprint density at radius 1 is 1.00 bits per heavy atom. The standard InChI is InChI=1S/C16H21Cl2N2O5P/c1-8(2)13-15(21)24-26(19-13,20-14(9(3)4)16(22)25-26)23-12-6-5-10(17)7-11(12)18/h5-9,13-14,19-20H,1-4H3/t13-,14-/m0/s1. The van der Waals surface area contributed by atoms with E-state index in [4.69, 9.17) is 36.8 Å². The van der Waals surface area contributed by atoms with Crippen LogP contribution in [-0.2, 0) is 18.6 Å². The summed E-state index contributed by atoms with van der Waals surface area (Å²) in [5.74, 6) is -1.12. The normalized spacial score (nSPS) is 28.1. The second-order valence-electron chi connectivity index (χ2n) is 7.07. The molecule has 7 nitrogen and oxygen atoms in total. The molecule has 2 saturated heterocycles. The Morgan fingerprint density at radius 3 is 1.88 bits per heavy atom. The van der Waals surface area contributed by atoms with Crippen molar-refractivity contribution in [2.75, 3.05) is 0 Å². The Labute approximate surface area is 161 Å². The van der Waals surface area contributed by atoms with Gasteiger partial charge in [0.25, 0.3) is 0 Å². The van der Waals surface area contributed by atoms with Gasteiger partial charge in [-0.25, -0.2) is 0 Å². The Balaban J connectivity index is 2.07. The third-order valence-electron chi connectivity index (χ3n) is 4.23. The molecule has 0 amide bonds. The minimum absolute atomic E-state index is 0.105. The average molecular weight is 423 g/mol. The zero-order valence-corrected chi connectivity index (χ0v) is 17.2. The van der Waals surface area contributed by atoms with Crippen molar-refractivity contribution < 1.29 is 23.2 Å². The molecule has 2 fully saturated rings. The van der Waals surface area contributed by atoms with E-state index in [9.17, 15) is 9.59 Å². The Morgan fingerprint density at radius 2 is 1.50 bits per heavy atom. The van der Waals surface area contributed by atoms with Gasteiger partial charge in [0.05, 0.1) is 0 Å². The van der Waals surface area contributed by atoms with E-state index in [0.717, 1.165) is 0 Å². The Kier molecular flexibility index (Phi) is 4.91. The van der Waals surface area contributed by atoms with Crippen molar-refractivity contribution in [2.24, 2.45) is 11.8 Å². The molecule has 1 spiro atoms. The Bertz CT molecular complexity index is 737. The summed E-state index contributed by atoms with van der Waals surface area (Å²) in [5.41, 5.74) is 0. The SMILES string of the molecule is CC(C)[C@@H]1NP2(Oc3ccc(Cl)cc3Cl)(N[C@@H](C(C)C)C(=O)O2)OC1=O. The van der Waals surface area contributed by atoms with E-state index >= 15 is 0 Å². The number of carbonyl (C=O) groups is 2. The van der Waals surface area contributed by atoms with E-state index < -0.39 is 31.6 Å². The summed E-state index contributed by atoms with van der Waals surface area (Å²) in [6.07, 6.45) is 0. The molecule has 1 aromatic rings. The molecule has 2 atom stereocenters. The molecule has 2 N–H and O–H groups in total. The quantitative estimate of drug-likeness (QED) is 0.712. The topological polar surface area (TPSA) is 85.9 Å². The van der Waals surface area contributed by atoms with Crippen LogP contribution >= 0.6 is 30.8 Å². The van der Waals surface area contributed by atoms with Crippen molar-refractivity contribution in [1.29, 1.82) is 0 Å². The van der Waals surface area contributed by atoms with Crippen LogP contribution in [0.1, 0.15) is 27.7 Å². The molecule has 0 unspecified atom stereocenters. The van der Waals surface area contributed by atoms with Crippen LogP contribution in [0.3, 0.4) is 0 Å². The first-order valence-electron chi connectivity index (χ1n) is 8.26. The fourth-order valence-electron chi connectivity index (χ4n) is 2.85. The summed E-state index contributed by atoms with van der Waals surface area (Å²) in [6.45, 7) is 7.41. The van der Waals surface area contributed by atoms with Gasteiger partial charge in [0, 0.05) is 0 Å². The second-order valence-corrected chi connectivity index (χ2v) is 10.7.